The van der Waals surface area contributed by atoms with Gasteiger partial charge in [0, 0.05) is 37.0 Å². The monoisotopic (exact) mass is 339 g/mol. The number of ether oxygens (including phenoxy) is 1. The van der Waals surface area contributed by atoms with Crippen molar-refractivity contribution in [2.75, 3.05) is 6.61 Å². The summed E-state index contributed by atoms with van der Waals surface area (Å²) in [7, 11) is 0. The van der Waals surface area contributed by atoms with E-state index in [4.69, 9.17) is 10.5 Å². The summed E-state index contributed by atoms with van der Waals surface area (Å²) in [5, 5.41) is 0. The molecule has 0 aromatic heterocycles. The molecule has 1 rings (SSSR count). The molecule has 134 valence electrons. The lowest BCUT2D eigenvalue weighted by Crippen LogP contribution is -1.94. The van der Waals surface area contributed by atoms with Gasteiger partial charge in [-0.05, 0) is 43.0 Å². The normalized spacial score (nSPS) is 13.6. The zero-order chi connectivity index (χ0) is 18.3. The molecule has 0 saturated carbocycles. The highest BCUT2D eigenvalue weighted by atomic mass is 16.5. The first kappa shape index (κ1) is 20.6. The van der Waals surface area contributed by atoms with E-state index in [1.54, 1.807) is 12.4 Å². The predicted octanol–water partition coefficient (Wildman–Crippen LogP) is 4.58. The number of nitrogens with two attached hydrogens (primary N) is 1. The van der Waals surface area contributed by atoms with Crippen LogP contribution in [0.1, 0.15) is 38.3 Å². The molecule has 0 aliphatic rings. The Bertz CT molecular complexity index is 638. The van der Waals surface area contributed by atoms with Crippen LogP contribution in [-0.2, 0) is 17.9 Å². The molecule has 0 radical (unpaired) electrons. The Morgan fingerprint density at radius 2 is 1.88 bits per heavy atom. The van der Waals surface area contributed by atoms with Crippen LogP contribution in [0.15, 0.2) is 69.9 Å². The largest absolute Gasteiger partial charge is 0.404 e. The van der Waals surface area contributed by atoms with Crippen molar-refractivity contribution in [2.24, 2.45) is 15.7 Å². The number of nitrogens with zero attached hydrogens (tertiary/aromatic N) is 2. The Balaban J connectivity index is 2.58. The third-order valence-electron chi connectivity index (χ3n) is 3.44. The highest BCUT2D eigenvalue weighted by Gasteiger charge is 1.96. The first-order chi connectivity index (χ1) is 12.2. The molecule has 0 atom stereocenters. The fourth-order valence-corrected chi connectivity index (χ4v) is 1.99. The van der Waals surface area contributed by atoms with Crippen LogP contribution in [0, 0.1) is 0 Å². The average Bonchev–Trinajstić information content (AvgIpc) is 2.64. The van der Waals surface area contributed by atoms with E-state index in [0.29, 0.717) is 13.2 Å². The van der Waals surface area contributed by atoms with Crippen molar-refractivity contribution in [3.63, 3.8) is 0 Å². The van der Waals surface area contributed by atoms with Gasteiger partial charge in [-0.1, -0.05) is 37.3 Å². The Labute approximate surface area is 151 Å². The number of hydrogen-bond donors (Lipinski definition) is 1. The van der Waals surface area contributed by atoms with Crippen molar-refractivity contribution in [3.05, 3.63) is 71.1 Å². The fraction of sp³-hybridized carbons (Fsp3) is 0.333. The summed E-state index contributed by atoms with van der Waals surface area (Å²) >= 11 is 0. The molecule has 2 N–H and O–H groups in total. The van der Waals surface area contributed by atoms with Gasteiger partial charge in [-0.15, -0.1) is 0 Å². The van der Waals surface area contributed by atoms with Gasteiger partial charge in [0.1, 0.15) is 0 Å². The van der Waals surface area contributed by atoms with Crippen molar-refractivity contribution < 1.29 is 4.74 Å². The van der Waals surface area contributed by atoms with Crippen LogP contribution >= 0.6 is 0 Å². The molecule has 1 aromatic carbocycles. The molecule has 4 heteroatoms. The van der Waals surface area contributed by atoms with E-state index in [1.807, 2.05) is 38.4 Å². The predicted molar refractivity (Wildman–Crippen MR) is 108 cm³/mol. The van der Waals surface area contributed by atoms with Crippen LogP contribution in [0.25, 0.3) is 0 Å². The van der Waals surface area contributed by atoms with Gasteiger partial charge in [0.25, 0.3) is 0 Å². The highest BCUT2D eigenvalue weighted by Crippen LogP contribution is 2.09. The van der Waals surface area contributed by atoms with E-state index in [-0.39, 0.29) is 0 Å². The summed E-state index contributed by atoms with van der Waals surface area (Å²) in [6.07, 6.45) is 11.8. The van der Waals surface area contributed by atoms with E-state index in [2.05, 4.69) is 41.2 Å². The molecule has 25 heavy (non-hydrogen) atoms. The van der Waals surface area contributed by atoms with Gasteiger partial charge in [-0.3, -0.25) is 9.98 Å². The molecule has 0 heterocycles. The van der Waals surface area contributed by atoms with Gasteiger partial charge in [-0.25, -0.2) is 0 Å². The van der Waals surface area contributed by atoms with Crippen molar-refractivity contribution in [3.8, 4) is 0 Å². The molecule has 0 fully saturated rings. The van der Waals surface area contributed by atoms with Gasteiger partial charge in [0.2, 0.25) is 0 Å². The lowest BCUT2D eigenvalue weighted by molar-refractivity contribution is 0.134. The van der Waals surface area contributed by atoms with Crippen molar-refractivity contribution in [2.45, 2.75) is 40.3 Å². The lowest BCUT2D eigenvalue weighted by Gasteiger charge is -2.03. The van der Waals surface area contributed by atoms with Crippen molar-refractivity contribution >= 4 is 12.4 Å². The van der Waals surface area contributed by atoms with Gasteiger partial charge in [0.15, 0.2) is 0 Å². The molecule has 0 amide bonds. The summed E-state index contributed by atoms with van der Waals surface area (Å²) in [4.78, 5) is 8.62. The zero-order valence-corrected chi connectivity index (χ0v) is 15.5. The highest BCUT2D eigenvalue weighted by molar-refractivity contribution is 5.84. The van der Waals surface area contributed by atoms with Crippen molar-refractivity contribution in [1.29, 1.82) is 0 Å². The van der Waals surface area contributed by atoms with Crippen LogP contribution in [0.3, 0.4) is 0 Å². The molecule has 0 aliphatic heterocycles. The Kier molecular flexibility index (Phi) is 10.6. The van der Waals surface area contributed by atoms with Gasteiger partial charge < -0.3 is 10.5 Å². The maximum atomic E-state index is 5.71. The Hall–Kier alpha value is -2.46. The molecule has 0 unspecified atom stereocenters. The fourth-order valence-electron chi connectivity index (χ4n) is 1.99. The molecule has 0 saturated heterocycles. The summed E-state index contributed by atoms with van der Waals surface area (Å²) in [6.45, 7) is 8.05. The average molecular weight is 339 g/mol. The number of benzene rings is 1. The second-order valence-corrected chi connectivity index (χ2v) is 5.48. The minimum atomic E-state index is 0.621. The molecule has 4 nitrogen and oxygen atoms in total. The van der Waals surface area contributed by atoms with Crippen LogP contribution in [0.4, 0.5) is 0 Å². The standard InChI is InChI=1S/C21H29N3O/c1-4-12-23-13-6-7-18(3)21(14-22)16-24-15-19-8-10-20(11-9-19)17-25-5-2/h6-14,16H,4-5,15,17,22H2,1-3H3/b13-6-,18-7+,21-14+,23-12?,24-16?. The first-order valence-corrected chi connectivity index (χ1v) is 8.64. The molecule has 0 bridgehead atoms. The summed E-state index contributed by atoms with van der Waals surface area (Å²) < 4.78 is 5.40. The van der Waals surface area contributed by atoms with E-state index in [9.17, 15) is 0 Å². The minimum Gasteiger partial charge on any atom is -0.404 e. The molecular formula is C21H29N3O. The van der Waals surface area contributed by atoms with E-state index in [0.717, 1.165) is 29.7 Å². The third kappa shape index (κ3) is 8.82. The van der Waals surface area contributed by atoms with E-state index < -0.39 is 0 Å². The van der Waals surface area contributed by atoms with E-state index >= 15 is 0 Å². The molecular weight excluding hydrogens is 310 g/mol. The van der Waals surface area contributed by atoms with Crippen LogP contribution < -0.4 is 5.73 Å². The van der Waals surface area contributed by atoms with Gasteiger partial charge in [0.05, 0.1) is 13.2 Å². The molecule has 0 spiro atoms. The Morgan fingerprint density at radius 1 is 1.16 bits per heavy atom. The third-order valence-corrected chi connectivity index (χ3v) is 3.44. The van der Waals surface area contributed by atoms with Crippen LogP contribution in [0.5, 0.6) is 0 Å². The smallest absolute Gasteiger partial charge is 0.0716 e. The van der Waals surface area contributed by atoms with Gasteiger partial charge in [-0.2, -0.15) is 0 Å². The summed E-state index contributed by atoms with van der Waals surface area (Å²) in [5.74, 6) is 0. The second-order valence-electron chi connectivity index (χ2n) is 5.48. The van der Waals surface area contributed by atoms with Crippen LogP contribution in [0.2, 0.25) is 0 Å². The minimum absolute atomic E-state index is 0.621. The SMILES string of the molecule is CCC=N\C=C/C=C(C)/C(C=NCc1ccc(COCC)cc1)=C/N. The molecule has 1 aromatic rings. The van der Waals surface area contributed by atoms with Gasteiger partial charge >= 0.3 is 0 Å². The van der Waals surface area contributed by atoms with E-state index in [1.165, 1.54) is 5.56 Å². The number of hydrogen-bond acceptors (Lipinski definition) is 4. The summed E-state index contributed by atoms with van der Waals surface area (Å²) in [6, 6.07) is 8.31. The number of aliphatic imine (C=N–C) groups is 2. The summed E-state index contributed by atoms with van der Waals surface area (Å²) in [5.41, 5.74) is 9.98. The maximum Gasteiger partial charge on any atom is 0.0716 e. The van der Waals surface area contributed by atoms with Crippen molar-refractivity contribution in [1.82, 2.24) is 0 Å². The Morgan fingerprint density at radius 3 is 2.52 bits per heavy atom. The van der Waals surface area contributed by atoms with Crippen LogP contribution in [-0.4, -0.2) is 19.0 Å². The maximum absolute atomic E-state index is 5.71. The number of rotatable bonds is 10. The number of allylic oxidation sites excluding steroid dienone is 4. The first-order valence-electron chi connectivity index (χ1n) is 8.64. The second kappa shape index (κ2) is 12.9. The lowest BCUT2D eigenvalue weighted by atomic mass is 10.1. The molecule has 0 aliphatic carbocycles. The topological polar surface area (TPSA) is 60.0 Å². The quantitative estimate of drug-likeness (QED) is 0.501. The zero-order valence-electron chi connectivity index (χ0n) is 15.5.